The van der Waals surface area contributed by atoms with Crippen molar-refractivity contribution >= 4 is 17.5 Å². The monoisotopic (exact) mass is 203 g/mol. The number of carbonyl (C=O) groups is 2. The van der Waals surface area contributed by atoms with Crippen LogP contribution >= 0.6 is 0 Å². The maximum atomic E-state index is 11.2. The van der Waals surface area contributed by atoms with Gasteiger partial charge in [-0.15, -0.1) is 0 Å². The average molecular weight is 203 g/mol. The molecule has 0 fully saturated rings. The molecular weight excluding hydrogens is 194 g/mol. The van der Waals surface area contributed by atoms with Gasteiger partial charge in [-0.2, -0.15) is 5.26 Å². The summed E-state index contributed by atoms with van der Waals surface area (Å²) < 4.78 is 0. The van der Waals surface area contributed by atoms with E-state index in [9.17, 15) is 9.59 Å². The Hall–Kier alpha value is -2.35. The molecule has 1 aromatic carbocycles. The third-order valence-electron chi connectivity index (χ3n) is 1.57. The molecular formula is C10H9N3O2. The van der Waals surface area contributed by atoms with Crippen LogP contribution in [-0.2, 0) is 9.59 Å². The van der Waals surface area contributed by atoms with Gasteiger partial charge in [0.1, 0.15) is 6.54 Å². The summed E-state index contributed by atoms with van der Waals surface area (Å²) in [5, 5.41) is 12.7. The van der Waals surface area contributed by atoms with Crippen molar-refractivity contribution in [3.63, 3.8) is 0 Å². The van der Waals surface area contributed by atoms with Crippen LogP contribution in [0.4, 0.5) is 5.69 Å². The van der Waals surface area contributed by atoms with Gasteiger partial charge in [0.2, 0.25) is 0 Å². The van der Waals surface area contributed by atoms with Gasteiger partial charge < -0.3 is 10.6 Å². The van der Waals surface area contributed by atoms with E-state index in [1.807, 2.05) is 0 Å². The first-order chi connectivity index (χ1) is 7.24. The number of nitrogens with one attached hydrogen (secondary N) is 2. The van der Waals surface area contributed by atoms with E-state index in [4.69, 9.17) is 5.26 Å². The molecule has 0 unspecified atom stereocenters. The molecule has 15 heavy (non-hydrogen) atoms. The maximum Gasteiger partial charge on any atom is 0.313 e. The fourth-order valence-electron chi connectivity index (χ4n) is 0.909. The summed E-state index contributed by atoms with van der Waals surface area (Å²) in [7, 11) is 0. The Bertz CT molecular complexity index is 395. The molecule has 5 heteroatoms. The Kier molecular flexibility index (Phi) is 3.86. The summed E-state index contributed by atoms with van der Waals surface area (Å²) in [5.74, 6) is -1.60. The minimum Gasteiger partial charge on any atom is -0.335 e. The van der Waals surface area contributed by atoms with Crippen molar-refractivity contribution in [2.24, 2.45) is 0 Å². The Balaban J connectivity index is 2.50. The Morgan fingerprint density at radius 2 is 1.87 bits per heavy atom. The average Bonchev–Trinajstić information content (AvgIpc) is 2.27. The second kappa shape index (κ2) is 5.40. The van der Waals surface area contributed by atoms with Crippen molar-refractivity contribution in [1.82, 2.24) is 5.32 Å². The lowest BCUT2D eigenvalue weighted by atomic mass is 10.3. The highest BCUT2D eigenvalue weighted by Crippen LogP contribution is 2.03. The number of para-hydroxylation sites is 1. The van der Waals surface area contributed by atoms with Gasteiger partial charge in [0.15, 0.2) is 0 Å². The van der Waals surface area contributed by atoms with Crippen LogP contribution in [0.2, 0.25) is 0 Å². The van der Waals surface area contributed by atoms with Gasteiger partial charge in [0.25, 0.3) is 0 Å². The number of amides is 2. The molecule has 0 aliphatic carbocycles. The highest BCUT2D eigenvalue weighted by atomic mass is 16.2. The zero-order valence-electron chi connectivity index (χ0n) is 7.86. The van der Waals surface area contributed by atoms with Crippen LogP contribution in [-0.4, -0.2) is 18.4 Å². The Morgan fingerprint density at radius 3 is 2.47 bits per heavy atom. The summed E-state index contributed by atoms with van der Waals surface area (Å²) >= 11 is 0. The van der Waals surface area contributed by atoms with Gasteiger partial charge in [-0.3, -0.25) is 9.59 Å². The summed E-state index contributed by atoms with van der Waals surface area (Å²) in [5.41, 5.74) is 0.537. The standard InChI is InChI=1S/C10H9N3O2/c11-6-7-12-9(14)10(15)13-8-4-2-1-3-5-8/h1-5H,7H2,(H,12,14)(H,13,15). The van der Waals surface area contributed by atoms with Crippen LogP contribution < -0.4 is 10.6 Å². The van der Waals surface area contributed by atoms with Gasteiger partial charge in [0, 0.05) is 5.69 Å². The molecule has 0 saturated heterocycles. The van der Waals surface area contributed by atoms with Crippen molar-refractivity contribution < 1.29 is 9.59 Å². The first kappa shape index (κ1) is 10.7. The van der Waals surface area contributed by atoms with E-state index in [0.717, 1.165) is 0 Å². The number of nitriles is 1. The van der Waals surface area contributed by atoms with E-state index in [1.54, 1.807) is 36.4 Å². The van der Waals surface area contributed by atoms with Crippen LogP contribution in [0.15, 0.2) is 30.3 Å². The van der Waals surface area contributed by atoms with E-state index >= 15 is 0 Å². The topological polar surface area (TPSA) is 82.0 Å². The SMILES string of the molecule is N#CCNC(=O)C(=O)Nc1ccccc1. The maximum absolute atomic E-state index is 11.2. The lowest BCUT2D eigenvalue weighted by Gasteiger charge is -2.03. The molecule has 1 aromatic rings. The molecule has 76 valence electrons. The Labute approximate surface area is 86.7 Å². The minimum absolute atomic E-state index is 0.180. The Morgan fingerprint density at radius 1 is 1.20 bits per heavy atom. The van der Waals surface area contributed by atoms with Crippen molar-refractivity contribution in [3.05, 3.63) is 30.3 Å². The van der Waals surface area contributed by atoms with Gasteiger partial charge in [-0.05, 0) is 12.1 Å². The quantitative estimate of drug-likeness (QED) is 0.534. The molecule has 0 radical (unpaired) electrons. The van der Waals surface area contributed by atoms with E-state index in [1.165, 1.54) is 0 Å². The zero-order valence-corrected chi connectivity index (χ0v) is 7.86. The summed E-state index contributed by atoms with van der Waals surface area (Å²) in [6, 6.07) is 10.3. The molecule has 2 N–H and O–H groups in total. The molecule has 5 nitrogen and oxygen atoms in total. The molecule has 0 aliphatic heterocycles. The minimum atomic E-state index is -0.819. The van der Waals surface area contributed by atoms with Crippen LogP contribution in [0.3, 0.4) is 0 Å². The number of hydrogen-bond donors (Lipinski definition) is 2. The van der Waals surface area contributed by atoms with Crippen LogP contribution in [0.25, 0.3) is 0 Å². The molecule has 2 amide bonds. The summed E-state index contributed by atoms with van der Waals surface area (Å²) in [6.45, 7) is -0.180. The van der Waals surface area contributed by atoms with Crippen molar-refractivity contribution in [2.45, 2.75) is 0 Å². The second-order valence-corrected chi connectivity index (χ2v) is 2.66. The number of nitrogens with zero attached hydrogens (tertiary/aromatic N) is 1. The number of carbonyl (C=O) groups excluding carboxylic acids is 2. The number of benzene rings is 1. The number of anilines is 1. The van der Waals surface area contributed by atoms with E-state index in [0.29, 0.717) is 5.69 Å². The molecule has 0 bridgehead atoms. The number of rotatable bonds is 2. The van der Waals surface area contributed by atoms with Crippen LogP contribution in [0, 0.1) is 11.3 Å². The lowest BCUT2D eigenvalue weighted by molar-refractivity contribution is -0.136. The highest BCUT2D eigenvalue weighted by Gasteiger charge is 2.11. The van der Waals surface area contributed by atoms with E-state index in [-0.39, 0.29) is 6.54 Å². The normalized spacial score (nSPS) is 8.73. The summed E-state index contributed by atoms with van der Waals surface area (Å²) in [6.07, 6.45) is 0. The molecule has 0 heterocycles. The first-order valence-electron chi connectivity index (χ1n) is 4.25. The fourth-order valence-corrected chi connectivity index (χ4v) is 0.909. The van der Waals surface area contributed by atoms with Crippen LogP contribution in [0.1, 0.15) is 0 Å². The first-order valence-corrected chi connectivity index (χ1v) is 4.25. The van der Waals surface area contributed by atoms with Gasteiger partial charge in [-0.1, -0.05) is 18.2 Å². The smallest absolute Gasteiger partial charge is 0.313 e. The van der Waals surface area contributed by atoms with Gasteiger partial charge in [0.05, 0.1) is 6.07 Å². The predicted octanol–water partition coefficient (Wildman–Crippen LogP) is 0.265. The van der Waals surface area contributed by atoms with E-state index in [2.05, 4.69) is 10.6 Å². The van der Waals surface area contributed by atoms with Crippen molar-refractivity contribution in [3.8, 4) is 6.07 Å². The van der Waals surface area contributed by atoms with Gasteiger partial charge >= 0.3 is 11.8 Å². The summed E-state index contributed by atoms with van der Waals surface area (Å²) in [4.78, 5) is 22.2. The second-order valence-electron chi connectivity index (χ2n) is 2.66. The predicted molar refractivity (Wildman–Crippen MR) is 53.7 cm³/mol. The van der Waals surface area contributed by atoms with Gasteiger partial charge in [-0.25, -0.2) is 0 Å². The zero-order chi connectivity index (χ0) is 11.1. The lowest BCUT2D eigenvalue weighted by Crippen LogP contribution is -2.35. The largest absolute Gasteiger partial charge is 0.335 e. The molecule has 1 rings (SSSR count). The fraction of sp³-hybridized carbons (Fsp3) is 0.100. The molecule has 0 aromatic heterocycles. The van der Waals surface area contributed by atoms with Crippen molar-refractivity contribution in [1.29, 1.82) is 5.26 Å². The third kappa shape index (κ3) is 3.48. The molecule has 0 saturated carbocycles. The molecule has 0 aliphatic rings. The number of hydrogen-bond acceptors (Lipinski definition) is 3. The molecule has 0 spiro atoms. The van der Waals surface area contributed by atoms with Crippen LogP contribution in [0.5, 0.6) is 0 Å². The van der Waals surface area contributed by atoms with Crippen molar-refractivity contribution in [2.75, 3.05) is 11.9 Å². The highest BCUT2D eigenvalue weighted by molar-refractivity contribution is 6.39. The van der Waals surface area contributed by atoms with E-state index < -0.39 is 11.8 Å². The third-order valence-corrected chi connectivity index (χ3v) is 1.57. The molecule has 0 atom stereocenters.